The highest BCUT2D eigenvalue weighted by atomic mass is 16.2. The lowest BCUT2D eigenvalue weighted by molar-refractivity contribution is -0.122. The van der Waals surface area contributed by atoms with E-state index >= 15 is 0 Å². The maximum atomic E-state index is 12.3. The van der Waals surface area contributed by atoms with Crippen LogP contribution in [0.25, 0.3) is 0 Å². The second-order valence-corrected chi connectivity index (χ2v) is 8.94. The number of piperidine rings is 1. The first kappa shape index (κ1) is 21.7. The van der Waals surface area contributed by atoms with Crippen LogP contribution in [0.2, 0.25) is 0 Å². The maximum Gasteiger partial charge on any atom is 0.234 e. The molecule has 7 heteroatoms. The molecule has 0 spiro atoms. The summed E-state index contributed by atoms with van der Waals surface area (Å²) in [7, 11) is 0. The van der Waals surface area contributed by atoms with Crippen LogP contribution in [0.15, 0.2) is 30.5 Å². The Morgan fingerprint density at radius 2 is 1.90 bits per heavy atom. The molecular weight excluding hydrogens is 388 g/mol. The Balaban J connectivity index is 1.21. The summed E-state index contributed by atoms with van der Waals surface area (Å²) in [5, 5.41) is 6.58. The van der Waals surface area contributed by atoms with E-state index in [1.807, 2.05) is 25.1 Å². The molecule has 0 atom stereocenters. The SMILES string of the molecule is Cc1nc(CC2CCN(CC(=O)NCc3ccccn3)CC2)cc(NC2CCCC2)n1. The minimum atomic E-state index is 0.0677. The van der Waals surface area contributed by atoms with Crippen molar-refractivity contribution in [1.29, 1.82) is 0 Å². The third kappa shape index (κ3) is 6.72. The van der Waals surface area contributed by atoms with Gasteiger partial charge in [-0.3, -0.25) is 14.7 Å². The Morgan fingerprint density at radius 1 is 1.10 bits per heavy atom. The van der Waals surface area contributed by atoms with Crippen LogP contribution in [-0.4, -0.2) is 51.4 Å². The summed E-state index contributed by atoms with van der Waals surface area (Å²) in [6, 6.07) is 8.45. The number of anilines is 1. The number of hydrogen-bond acceptors (Lipinski definition) is 6. The first-order valence-electron chi connectivity index (χ1n) is 11.6. The highest BCUT2D eigenvalue weighted by Gasteiger charge is 2.22. The van der Waals surface area contributed by atoms with Crippen molar-refractivity contribution in [3.8, 4) is 0 Å². The monoisotopic (exact) mass is 422 g/mol. The Kier molecular flexibility index (Phi) is 7.46. The van der Waals surface area contributed by atoms with E-state index in [0.29, 0.717) is 25.0 Å². The number of aryl methyl sites for hydroxylation is 1. The van der Waals surface area contributed by atoms with E-state index in [0.717, 1.165) is 55.4 Å². The van der Waals surface area contributed by atoms with Crippen LogP contribution < -0.4 is 10.6 Å². The minimum absolute atomic E-state index is 0.0677. The molecule has 1 aliphatic heterocycles. The van der Waals surface area contributed by atoms with Crippen molar-refractivity contribution >= 4 is 11.7 Å². The van der Waals surface area contributed by atoms with E-state index in [-0.39, 0.29) is 5.91 Å². The highest BCUT2D eigenvalue weighted by molar-refractivity contribution is 5.77. The van der Waals surface area contributed by atoms with E-state index in [4.69, 9.17) is 0 Å². The molecule has 1 saturated carbocycles. The zero-order chi connectivity index (χ0) is 21.5. The molecule has 2 aromatic heterocycles. The van der Waals surface area contributed by atoms with Crippen LogP contribution in [-0.2, 0) is 17.8 Å². The minimum Gasteiger partial charge on any atom is -0.367 e. The van der Waals surface area contributed by atoms with E-state index < -0.39 is 0 Å². The van der Waals surface area contributed by atoms with Crippen molar-refractivity contribution in [3.63, 3.8) is 0 Å². The van der Waals surface area contributed by atoms with Gasteiger partial charge >= 0.3 is 0 Å². The van der Waals surface area contributed by atoms with E-state index in [2.05, 4.69) is 36.6 Å². The topological polar surface area (TPSA) is 83.0 Å². The quantitative estimate of drug-likeness (QED) is 0.680. The molecule has 4 rings (SSSR count). The molecule has 2 N–H and O–H groups in total. The van der Waals surface area contributed by atoms with E-state index in [1.54, 1.807) is 6.20 Å². The molecule has 0 bridgehead atoms. The molecule has 0 aromatic carbocycles. The summed E-state index contributed by atoms with van der Waals surface area (Å²) in [6.45, 7) is 4.84. The summed E-state index contributed by atoms with van der Waals surface area (Å²) >= 11 is 0. The number of rotatable bonds is 8. The Morgan fingerprint density at radius 3 is 2.65 bits per heavy atom. The van der Waals surface area contributed by atoms with Gasteiger partial charge in [-0.15, -0.1) is 0 Å². The zero-order valence-corrected chi connectivity index (χ0v) is 18.5. The largest absolute Gasteiger partial charge is 0.367 e. The average molecular weight is 423 g/mol. The van der Waals surface area contributed by atoms with Gasteiger partial charge in [0.15, 0.2) is 0 Å². The van der Waals surface area contributed by atoms with Gasteiger partial charge in [0, 0.05) is 24.0 Å². The Bertz CT molecular complexity index is 844. The molecule has 1 saturated heterocycles. The van der Waals surface area contributed by atoms with Crippen molar-refractivity contribution in [2.75, 3.05) is 25.0 Å². The zero-order valence-electron chi connectivity index (χ0n) is 18.5. The molecule has 2 fully saturated rings. The molecule has 31 heavy (non-hydrogen) atoms. The van der Waals surface area contributed by atoms with Crippen molar-refractivity contribution in [3.05, 3.63) is 47.7 Å². The second-order valence-electron chi connectivity index (χ2n) is 8.94. The second kappa shape index (κ2) is 10.7. The van der Waals surface area contributed by atoms with Crippen molar-refractivity contribution < 1.29 is 4.79 Å². The Labute approximate surface area is 185 Å². The number of carbonyl (C=O) groups excluding carboxylic acids is 1. The summed E-state index contributed by atoms with van der Waals surface area (Å²) < 4.78 is 0. The first-order valence-corrected chi connectivity index (χ1v) is 11.6. The van der Waals surface area contributed by atoms with Gasteiger partial charge in [0.25, 0.3) is 0 Å². The fraction of sp³-hybridized carbons (Fsp3) is 0.583. The predicted octanol–water partition coefficient (Wildman–Crippen LogP) is 3.11. The highest BCUT2D eigenvalue weighted by Crippen LogP contribution is 2.24. The predicted molar refractivity (Wildman–Crippen MR) is 122 cm³/mol. The number of aromatic nitrogens is 3. The van der Waals surface area contributed by atoms with Crippen LogP contribution in [0, 0.1) is 12.8 Å². The molecule has 7 nitrogen and oxygen atoms in total. The first-order chi connectivity index (χ1) is 15.1. The van der Waals surface area contributed by atoms with Gasteiger partial charge in [0.1, 0.15) is 11.6 Å². The van der Waals surface area contributed by atoms with Crippen molar-refractivity contribution in [2.24, 2.45) is 5.92 Å². The molecule has 3 heterocycles. The van der Waals surface area contributed by atoms with Crippen LogP contribution >= 0.6 is 0 Å². The molecule has 2 aliphatic rings. The van der Waals surface area contributed by atoms with Gasteiger partial charge in [-0.2, -0.15) is 0 Å². The lowest BCUT2D eigenvalue weighted by Crippen LogP contribution is -2.41. The molecule has 1 aliphatic carbocycles. The molecule has 166 valence electrons. The molecule has 2 aromatic rings. The smallest absolute Gasteiger partial charge is 0.234 e. The number of carbonyl (C=O) groups is 1. The summed E-state index contributed by atoms with van der Waals surface area (Å²) in [5.74, 6) is 2.51. The summed E-state index contributed by atoms with van der Waals surface area (Å²) in [4.78, 5) is 28.1. The van der Waals surface area contributed by atoms with Gasteiger partial charge in [-0.05, 0) is 70.2 Å². The molecule has 0 unspecified atom stereocenters. The normalized spacial score (nSPS) is 18.2. The average Bonchev–Trinajstić information content (AvgIpc) is 3.27. The van der Waals surface area contributed by atoms with E-state index in [9.17, 15) is 4.79 Å². The fourth-order valence-corrected chi connectivity index (χ4v) is 4.68. The lowest BCUT2D eigenvalue weighted by Gasteiger charge is -2.31. The van der Waals surface area contributed by atoms with Gasteiger partial charge in [0.05, 0.1) is 18.8 Å². The number of hydrogen-bond donors (Lipinski definition) is 2. The van der Waals surface area contributed by atoms with Gasteiger partial charge in [-0.25, -0.2) is 9.97 Å². The molecule has 0 radical (unpaired) electrons. The number of nitrogens with zero attached hydrogens (tertiary/aromatic N) is 4. The Hall–Kier alpha value is -2.54. The van der Waals surface area contributed by atoms with Gasteiger partial charge in [-0.1, -0.05) is 18.9 Å². The van der Waals surface area contributed by atoms with Crippen LogP contribution in [0.5, 0.6) is 0 Å². The fourth-order valence-electron chi connectivity index (χ4n) is 4.68. The maximum absolute atomic E-state index is 12.3. The number of pyridine rings is 1. The van der Waals surface area contributed by atoms with Crippen molar-refractivity contribution in [1.82, 2.24) is 25.2 Å². The third-order valence-electron chi connectivity index (χ3n) is 6.36. The third-order valence-corrected chi connectivity index (χ3v) is 6.36. The molecule has 1 amide bonds. The number of likely N-dealkylation sites (tertiary alicyclic amines) is 1. The lowest BCUT2D eigenvalue weighted by atomic mass is 9.92. The summed E-state index contributed by atoms with van der Waals surface area (Å²) in [6.07, 6.45) is 10.0. The molecular formula is C24H34N6O. The van der Waals surface area contributed by atoms with Gasteiger partial charge in [0.2, 0.25) is 5.91 Å². The van der Waals surface area contributed by atoms with E-state index in [1.165, 1.54) is 25.7 Å². The number of amides is 1. The van der Waals surface area contributed by atoms with Crippen molar-refractivity contribution in [2.45, 2.75) is 64.5 Å². The van der Waals surface area contributed by atoms with Crippen LogP contribution in [0.1, 0.15) is 55.7 Å². The van der Waals surface area contributed by atoms with Crippen LogP contribution in [0.3, 0.4) is 0 Å². The van der Waals surface area contributed by atoms with Gasteiger partial charge < -0.3 is 10.6 Å². The van der Waals surface area contributed by atoms with Crippen LogP contribution in [0.4, 0.5) is 5.82 Å². The number of nitrogens with one attached hydrogen (secondary N) is 2. The standard InChI is InChI=1S/C24H34N6O/c1-18-27-22(15-23(28-18)29-20-6-2-3-7-20)14-19-9-12-30(13-10-19)17-24(31)26-16-21-8-4-5-11-25-21/h4-5,8,11,15,19-20H,2-3,6-7,9-10,12-14,16-17H2,1H3,(H,26,31)(H,27,28,29). The summed E-state index contributed by atoms with van der Waals surface area (Å²) in [5.41, 5.74) is 2.02.